The van der Waals surface area contributed by atoms with Crippen molar-refractivity contribution in [2.24, 2.45) is 0 Å². The number of phenols is 3. The highest BCUT2D eigenvalue weighted by atomic mass is 16.5. The van der Waals surface area contributed by atoms with Gasteiger partial charge in [0.1, 0.15) is 34.3 Å². The number of hydrogen-bond donors (Lipinski definition) is 3. The average Bonchev–Trinajstić information content (AvgIpc) is 2.97. The third-order valence-corrected chi connectivity index (χ3v) is 6.93. The average molecular weight is 539 g/mol. The fourth-order valence-electron chi connectivity index (χ4n) is 4.90. The van der Waals surface area contributed by atoms with Crippen molar-refractivity contribution < 1.29 is 34.0 Å². The molecule has 0 spiro atoms. The number of hydrogen-bond acceptors (Lipinski definition) is 8. The van der Waals surface area contributed by atoms with Gasteiger partial charge in [-0.15, -0.1) is 0 Å². The van der Waals surface area contributed by atoms with Crippen LogP contribution in [0, 0.1) is 0 Å². The minimum Gasteiger partial charge on any atom is -0.508 e. The zero-order chi connectivity index (χ0) is 28.4. The van der Waals surface area contributed by atoms with Crippen LogP contribution in [0.2, 0.25) is 0 Å². The molecule has 0 amide bonds. The molecule has 3 N–H and O–H groups in total. The van der Waals surface area contributed by atoms with Crippen LogP contribution in [0.4, 0.5) is 0 Å². The summed E-state index contributed by atoms with van der Waals surface area (Å²) in [5, 5.41) is 30.8. The number of aromatic hydroxyl groups is 3. The van der Waals surface area contributed by atoms with Crippen molar-refractivity contribution in [1.29, 1.82) is 0 Å². The fraction of sp³-hybridized carbons (Fsp3) is 0.125. The van der Waals surface area contributed by atoms with Crippen LogP contribution in [0.25, 0.3) is 11.0 Å². The lowest BCUT2D eigenvalue weighted by Gasteiger charge is -2.28. The summed E-state index contributed by atoms with van der Waals surface area (Å²) in [6, 6.07) is 21.9. The van der Waals surface area contributed by atoms with Gasteiger partial charge in [0.2, 0.25) is 0 Å². The van der Waals surface area contributed by atoms with Gasteiger partial charge in [-0.25, -0.2) is 0 Å². The molecule has 0 aliphatic rings. The van der Waals surface area contributed by atoms with Gasteiger partial charge in [0.25, 0.3) is 0 Å². The maximum absolute atomic E-state index is 14.4. The Balaban J connectivity index is 1.79. The number of benzene rings is 4. The van der Waals surface area contributed by atoms with E-state index >= 15 is 0 Å². The zero-order valence-corrected chi connectivity index (χ0v) is 21.7. The Hall–Kier alpha value is -5.24. The van der Waals surface area contributed by atoms with Gasteiger partial charge in [0.05, 0.1) is 37.4 Å². The van der Waals surface area contributed by atoms with Gasteiger partial charge < -0.3 is 29.2 Å². The molecule has 1 aromatic heterocycles. The summed E-state index contributed by atoms with van der Waals surface area (Å²) in [7, 11) is 2.99. The first kappa shape index (κ1) is 26.4. The standard InChI is InChI=1S/C32H26O8/c1-38-22-10-5-19(6-11-22)29(18-3-7-20(33)8-4-18)30(32(37)24-14-12-23(39-2)16-27(24)35)26-17-40-28-15-21(34)9-13-25(28)31(26)36/h3-17,29-30,33-35H,1-2H3. The number of Topliss-reactive ketones (excluding diaryl/α,β-unsaturated/α-hetero) is 1. The Bertz CT molecular complexity index is 1740. The summed E-state index contributed by atoms with van der Waals surface area (Å²) in [5.74, 6) is -1.79. The van der Waals surface area contributed by atoms with E-state index in [-0.39, 0.29) is 39.3 Å². The summed E-state index contributed by atoms with van der Waals surface area (Å²) in [4.78, 5) is 28.3. The topological polar surface area (TPSA) is 126 Å². The van der Waals surface area contributed by atoms with E-state index in [1.54, 1.807) is 49.6 Å². The van der Waals surface area contributed by atoms with E-state index in [9.17, 15) is 24.9 Å². The molecule has 5 aromatic rings. The first-order valence-electron chi connectivity index (χ1n) is 12.4. The minimum atomic E-state index is -1.16. The van der Waals surface area contributed by atoms with Crippen LogP contribution in [-0.4, -0.2) is 35.3 Å². The van der Waals surface area contributed by atoms with Crippen LogP contribution in [0.15, 0.2) is 100 Å². The Morgan fingerprint density at radius 3 is 1.98 bits per heavy atom. The molecule has 2 atom stereocenters. The molecule has 0 aliphatic carbocycles. The maximum Gasteiger partial charge on any atom is 0.196 e. The third-order valence-electron chi connectivity index (χ3n) is 6.93. The third kappa shape index (κ3) is 4.94. The smallest absolute Gasteiger partial charge is 0.196 e. The molecule has 0 saturated heterocycles. The van der Waals surface area contributed by atoms with Gasteiger partial charge in [-0.05, 0) is 59.7 Å². The quantitative estimate of drug-likeness (QED) is 0.214. The summed E-state index contributed by atoms with van der Waals surface area (Å²) >= 11 is 0. The number of ether oxygens (including phenoxy) is 2. The lowest BCUT2D eigenvalue weighted by molar-refractivity contribution is 0.0947. The predicted octanol–water partition coefficient (Wildman–Crippen LogP) is 5.73. The molecular weight excluding hydrogens is 512 g/mol. The molecule has 40 heavy (non-hydrogen) atoms. The summed E-state index contributed by atoms with van der Waals surface area (Å²) in [5.41, 5.74) is 1.09. The van der Waals surface area contributed by atoms with Crippen molar-refractivity contribution in [3.8, 4) is 28.7 Å². The van der Waals surface area contributed by atoms with Gasteiger partial charge in [-0.2, -0.15) is 0 Å². The second-order valence-corrected chi connectivity index (χ2v) is 9.27. The lowest BCUT2D eigenvalue weighted by Crippen LogP contribution is -2.27. The van der Waals surface area contributed by atoms with E-state index in [0.717, 1.165) is 0 Å². The van der Waals surface area contributed by atoms with Crippen molar-refractivity contribution in [1.82, 2.24) is 0 Å². The molecule has 5 rings (SSSR count). The van der Waals surface area contributed by atoms with Crippen LogP contribution in [-0.2, 0) is 0 Å². The first-order chi connectivity index (χ1) is 19.3. The van der Waals surface area contributed by atoms with Crippen LogP contribution in [0.5, 0.6) is 28.7 Å². The van der Waals surface area contributed by atoms with E-state index in [4.69, 9.17) is 13.9 Å². The molecule has 202 valence electrons. The highest BCUT2D eigenvalue weighted by Crippen LogP contribution is 2.42. The molecule has 0 aliphatic heterocycles. The number of carbonyl (C=O) groups excluding carboxylic acids is 1. The predicted molar refractivity (Wildman–Crippen MR) is 149 cm³/mol. The number of carbonyl (C=O) groups is 1. The molecule has 4 aromatic carbocycles. The molecule has 8 heteroatoms. The normalized spacial score (nSPS) is 12.6. The van der Waals surface area contributed by atoms with Crippen LogP contribution < -0.4 is 14.9 Å². The van der Waals surface area contributed by atoms with E-state index in [1.807, 2.05) is 0 Å². The number of rotatable bonds is 8. The fourth-order valence-corrected chi connectivity index (χ4v) is 4.90. The van der Waals surface area contributed by atoms with Gasteiger partial charge in [0, 0.05) is 23.6 Å². The summed E-state index contributed by atoms with van der Waals surface area (Å²) in [6.45, 7) is 0. The number of methoxy groups -OCH3 is 2. The van der Waals surface area contributed by atoms with Crippen molar-refractivity contribution in [2.75, 3.05) is 14.2 Å². The first-order valence-corrected chi connectivity index (χ1v) is 12.4. The second kappa shape index (κ2) is 10.9. The Labute approximate surface area is 229 Å². The monoisotopic (exact) mass is 538 g/mol. The molecule has 0 fully saturated rings. The van der Waals surface area contributed by atoms with E-state index in [0.29, 0.717) is 22.6 Å². The van der Waals surface area contributed by atoms with Gasteiger partial charge in [0.15, 0.2) is 11.2 Å². The van der Waals surface area contributed by atoms with Crippen LogP contribution in [0.3, 0.4) is 0 Å². The molecule has 1 heterocycles. The lowest BCUT2D eigenvalue weighted by atomic mass is 9.73. The van der Waals surface area contributed by atoms with Gasteiger partial charge >= 0.3 is 0 Å². The van der Waals surface area contributed by atoms with E-state index < -0.39 is 23.0 Å². The second-order valence-electron chi connectivity index (χ2n) is 9.27. The molecule has 0 bridgehead atoms. The Morgan fingerprint density at radius 2 is 1.35 bits per heavy atom. The Kier molecular flexibility index (Phi) is 7.16. The SMILES string of the molecule is COc1ccc(C(c2ccc(O)cc2)C(C(=O)c2ccc(OC)cc2O)c2coc3cc(O)ccc3c2=O)cc1. The minimum absolute atomic E-state index is 0.00621. The van der Waals surface area contributed by atoms with Crippen LogP contribution in [0.1, 0.15) is 38.9 Å². The maximum atomic E-state index is 14.4. The molecule has 0 saturated carbocycles. The zero-order valence-electron chi connectivity index (χ0n) is 21.7. The van der Waals surface area contributed by atoms with Crippen molar-refractivity contribution in [3.05, 3.63) is 124 Å². The number of ketones is 1. The summed E-state index contributed by atoms with van der Waals surface area (Å²) in [6.07, 6.45) is 1.23. The van der Waals surface area contributed by atoms with Crippen molar-refractivity contribution in [3.63, 3.8) is 0 Å². The number of phenolic OH excluding ortho intramolecular Hbond substituents is 3. The Morgan fingerprint density at radius 1 is 0.750 bits per heavy atom. The molecule has 8 nitrogen and oxygen atoms in total. The van der Waals surface area contributed by atoms with Gasteiger partial charge in [-0.1, -0.05) is 24.3 Å². The highest BCUT2D eigenvalue weighted by molar-refractivity contribution is 6.04. The molecule has 0 radical (unpaired) electrons. The molecular formula is C32H26O8. The number of fused-ring (bicyclic) bond motifs is 1. The summed E-state index contributed by atoms with van der Waals surface area (Å²) < 4.78 is 16.3. The van der Waals surface area contributed by atoms with Crippen molar-refractivity contribution >= 4 is 16.8 Å². The van der Waals surface area contributed by atoms with E-state index in [1.165, 1.54) is 55.8 Å². The highest BCUT2D eigenvalue weighted by Gasteiger charge is 2.37. The van der Waals surface area contributed by atoms with E-state index in [2.05, 4.69) is 0 Å². The van der Waals surface area contributed by atoms with Gasteiger partial charge in [-0.3, -0.25) is 9.59 Å². The molecule has 2 unspecified atom stereocenters. The van der Waals surface area contributed by atoms with Crippen molar-refractivity contribution in [2.45, 2.75) is 11.8 Å². The largest absolute Gasteiger partial charge is 0.508 e. The van der Waals surface area contributed by atoms with Crippen LogP contribution >= 0.6 is 0 Å².